The van der Waals surface area contributed by atoms with E-state index in [4.69, 9.17) is 4.74 Å². The topological polar surface area (TPSA) is 46.5 Å². The molecule has 0 amide bonds. The third-order valence-electron chi connectivity index (χ3n) is 5.37. The highest BCUT2D eigenvalue weighted by atomic mass is 16.5. The van der Waals surface area contributed by atoms with Crippen LogP contribution in [-0.4, -0.2) is 11.1 Å². The first-order valence-electron chi connectivity index (χ1n) is 11.1. The zero-order valence-corrected chi connectivity index (χ0v) is 19.2. The van der Waals surface area contributed by atoms with E-state index in [1.165, 1.54) is 38.5 Å². The van der Waals surface area contributed by atoms with Gasteiger partial charge in [0.05, 0.1) is 5.92 Å². The Kier molecular flexibility index (Phi) is 10.1. The molecule has 160 valence electrons. The minimum Gasteiger partial charge on any atom is -0.507 e. The number of benzene rings is 1. The lowest BCUT2D eigenvalue weighted by Gasteiger charge is -2.22. The average molecular weight is 391 g/mol. The molecule has 1 unspecified atom stereocenters. The molecule has 0 fully saturated rings. The van der Waals surface area contributed by atoms with Gasteiger partial charge in [0.2, 0.25) is 0 Å². The zero-order valence-electron chi connectivity index (χ0n) is 19.2. The van der Waals surface area contributed by atoms with Crippen molar-refractivity contribution in [1.29, 1.82) is 0 Å². The summed E-state index contributed by atoms with van der Waals surface area (Å²) in [6.45, 7) is 14.5. The van der Waals surface area contributed by atoms with Crippen LogP contribution in [0.3, 0.4) is 0 Å². The highest BCUT2D eigenvalue weighted by Crippen LogP contribution is 2.36. The van der Waals surface area contributed by atoms with Crippen molar-refractivity contribution < 1.29 is 14.6 Å². The van der Waals surface area contributed by atoms with Crippen molar-refractivity contribution in [2.45, 2.75) is 105 Å². The Labute approximate surface area is 172 Å². The molecule has 1 aromatic rings. The summed E-state index contributed by atoms with van der Waals surface area (Å²) in [4.78, 5) is 12.5. The molecule has 1 aromatic carbocycles. The van der Waals surface area contributed by atoms with Crippen molar-refractivity contribution in [1.82, 2.24) is 0 Å². The van der Waals surface area contributed by atoms with Crippen molar-refractivity contribution in [2.75, 3.05) is 0 Å². The lowest BCUT2D eigenvalue weighted by molar-refractivity contribution is -0.138. The molecule has 0 aromatic heterocycles. The van der Waals surface area contributed by atoms with Crippen LogP contribution in [0.2, 0.25) is 0 Å². The van der Waals surface area contributed by atoms with Gasteiger partial charge in [-0.15, -0.1) is 0 Å². The van der Waals surface area contributed by atoms with E-state index < -0.39 is 0 Å². The number of phenols is 1. The number of hydrogen-bond acceptors (Lipinski definition) is 3. The normalized spacial score (nSPS) is 13.0. The highest BCUT2D eigenvalue weighted by molar-refractivity contribution is 5.75. The summed E-state index contributed by atoms with van der Waals surface area (Å²) in [5.41, 5.74) is 1.33. The Morgan fingerprint density at radius 3 is 2.04 bits per heavy atom. The maximum absolute atomic E-state index is 12.5. The minimum atomic E-state index is -0.210. The van der Waals surface area contributed by atoms with Crippen molar-refractivity contribution in [3.63, 3.8) is 0 Å². The third kappa shape index (κ3) is 8.67. The first kappa shape index (κ1) is 24.5. The molecule has 0 aliphatic rings. The van der Waals surface area contributed by atoms with Crippen molar-refractivity contribution in [3.8, 4) is 11.5 Å². The van der Waals surface area contributed by atoms with Crippen molar-refractivity contribution in [3.05, 3.63) is 23.3 Å². The van der Waals surface area contributed by atoms with Crippen molar-refractivity contribution in [2.24, 2.45) is 11.8 Å². The summed E-state index contributed by atoms with van der Waals surface area (Å²) in [6, 6.07) is 3.54. The van der Waals surface area contributed by atoms with E-state index >= 15 is 0 Å². The van der Waals surface area contributed by atoms with Gasteiger partial charge in [-0.05, 0) is 42.4 Å². The predicted octanol–water partition coefficient (Wildman–Crippen LogP) is 7.32. The van der Waals surface area contributed by atoms with Crippen molar-refractivity contribution >= 4 is 5.97 Å². The van der Waals surface area contributed by atoms with E-state index in [0.717, 1.165) is 29.9 Å². The largest absolute Gasteiger partial charge is 0.507 e. The number of hydrogen-bond donors (Lipinski definition) is 1. The van der Waals surface area contributed by atoms with Crippen LogP contribution in [0.15, 0.2) is 12.1 Å². The fourth-order valence-corrected chi connectivity index (χ4v) is 3.42. The van der Waals surface area contributed by atoms with Gasteiger partial charge in [0.15, 0.2) is 0 Å². The summed E-state index contributed by atoms with van der Waals surface area (Å²) < 4.78 is 5.63. The van der Waals surface area contributed by atoms with E-state index in [1.54, 1.807) is 12.1 Å². The Bertz CT molecular complexity index is 611. The van der Waals surface area contributed by atoms with Crippen LogP contribution in [-0.2, 0) is 10.2 Å². The van der Waals surface area contributed by atoms with Crippen LogP contribution in [0.5, 0.6) is 11.5 Å². The van der Waals surface area contributed by atoms with Crippen LogP contribution in [0.25, 0.3) is 0 Å². The SMILES string of the molecule is Cc1cc(OC(=O)C(C)CCCCCCCCC(C)C)cc(C(C)(C)C)c1O. The molecular weight excluding hydrogens is 348 g/mol. The Hall–Kier alpha value is -1.51. The molecule has 3 nitrogen and oxygen atoms in total. The molecule has 0 aliphatic heterocycles. The van der Waals surface area contributed by atoms with Crippen LogP contribution >= 0.6 is 0 Å². The van der Waals surface area contributed by atoms with Gasteiger partial charge < -0.3 is 9.84 Å². The lowest BCUT2D eigenvalue weighted by Crippen LogP contribution is -2.19. The monoisotopic (exact) mass is 390 g/mol. The van der Waals surface area contributed by atoms with Gasteiger partial charge in [-0.25, -0.2) is 0 Å². The molecular formula is C25H42O3. The number of carbonyl (C=O) groups is 1. The van der Waals surface area contributed by atoms with Gasteiger partial charge in [0.1, 0.15) is 11.5 Å². The van der Waals surface area contributed by atoms with Crippen LogP contribution in [0, 0.1) is 18.8 Å². The molecule has 0 spiro atoms. The van der Waals surface area contributed by atoms with Crippen LogP contribution in [0.4, 0.5) is 0 Å². The fraction of sp³-hybridized carbons (Fsp3) is 0.720. The molecule has 1 rings (SSSR count). The summed E-state index contributed by atoms with van der Waals surface area (Å²) in [6.07, 6.45) is 9.67. The molecule has 0 bridgehead atoms. The smallest absolute Gasteiger partial charge is 0.314 e. The maximum atomic E-state index is 12.5. The van der Waals surface area contributed by atoms with Gasteiger partial charge in [-0.1, -0.05) is 86.5 Å². The van der Waals surface area contributed by atoms with Gasteiger partial charge >= 0.3 is 5.97 Å². The highest BCUT2D eigenvalue weighted by Gasteiger charge is 2.22. The summed E-state index contributed by atoms with van der Waals surface area (Å²) in [7, 11) is 0. The molecule has 0 aliphatic carbocycles. The Morgan fingerprint density at radius 1 is 0.964 bits per heavy atom. The molecule has 3 heteroatoms. The molecule has 0 radical (unpaired) electrons. The molecule has 1 atom stereocenters. The second-order valence-electron chi connectivity index (χ2n) is 9.80. The van der Waals surface area contributed by atoms with E-state index in [1.807, 2.05) is 34.6 Å². The molecule has 0 saturated heterocycles. The summed E-state index contributed by atoms with van der Waals surface area (Å²) in [5, 5.41) is 10.3. The standard InChI is InChI=1S/C25H42O3/c1-18(2)14-12-10-8-9-11-13-15-19(3)24(27)28-21-16-20(4)23(26)22(17-21)25(5,6)7/h16-19,26H,8-15H2,1-7H3. The number of aromatic hydroxyl groups is 1. The van der Waals surface area contributed by atoms with Gasteiger partial charge in [0.25, 0.3) is 0 Å². The number of phenolic OH excluding ortho intramolecular Hbond substituents is 1. The van der Waals surface area contributed by atoms with E-state index in [2.05, 4.69) is 13.8 Å². The maximum Gasteiger partial charge on any atom is 0.314 e. The zero-order chi connectivity index (χ0) is 21.3. The molecule has 28 heavy (non-hydrogen) atoms. The molecule has 1 N–H and O–H groups in total. The molecule has 0 saturated carbocycles. The molecule has 0 heterocycles. The Balaban J connectivity index is 2.42. The quantitative estimate of drug-likeness (QED) is 0.245. The Morgan fingerprint density at radius 2 is 1.50 bits per heavy atom. The summed E-state index contributed by atoms with van der Waals surface area (Å²) >= 11 is 0. The second-order valence-corrected chi connectivity index (χ2v) is 9.80. The van der Waals surface area contributed by atoms with E-state index in [-0.39, 0.29) is 23.1 Å². The number of esters is 1. The number of aryl methyl sites for hydroxylation is 1. The summed E-state index contributed by atoms with van der Waals surface area (Å²) in [5.74, 6) is 1.34. The predicted molar refractivity (Wildman–Crippen MR) is 118 cm³/mol. The first-order valence-corrected chi connectivity index (χ1v) is 11.1. The van der Waals surface area contributed by atoms with E-state index in [9.17, 15) is 9.90 Å². The van der Waals surface area contributed by atoms with Gasteiger partial charge in [-0.2, -0.15) is 0 Å². The van der Waals surface area contributed by atoms with Crippen LogP contribution < -0.4 is 4.74 Å². The van der Waals surface area contributed by atoms with Gasteiger partial charge in [-0.3, -0.25) is 4.79 Å². The second kappa shape index (κ2) is 11.5. The number of ether oxygens (including phenoxy) is 1. The number of rotatable bonds is 11. The van der Waals surface area contributed by atoms with Gasteiger partial charge in [0, 0.05) is 5.56 Å². The minimum absolute atomic E-state index is 0.104. The van der Waals surface area contributed by atoms with Crippen LogP contribution in [0.1, 0.15) is 104 Å². The van der Waals surface area contributed by atoms with E-state index in [0.29, 0.717) is 5.75 Å². The average Bonchev–Trinajstić information content (AvgIpc) is 2.58. The first-order chi connectivity index (χ1) is 13.0. The number of carbonyl (C=O) groups excluding carboxylic acids is 1. The third-order valence-corrected chi connectivity index (χ3v) is 5.37. The number of unbranched alkanes of at least 4 members (excludes halogenated alkanes) is 5. The fourth-order valence-electron chi connectivity index (χ4n) is 3.42. The lowest BCUT2D eigenvalue weighted by atomic mass is 9.85.